The van der Waals surface area contributed by atoms with E-state index in [0.29, 0.717) is 25.7 Å². The van der Waals surface area contributed by atoms with Crippen LogP contribution in [0, 0.1) is 5.92 Å². The van der Waals surface area contributed by atoms with Crippen molar-refractivity contribution >= 4 is 5.82 Å². The van der Waals surface area contributed by atoms with E-state index >= 15 is 0 Å². The fourth-order valence-electron chi connectivity index (χ4n) is 2.09. The maximum Gasteiger partial charge on any atom is 0.162 e. The van der Waals surface area contributed by atoms with Crippen molar-refractivity contribution in [1.82, 2.24) is 9.97 Å². The molecule has 1 aromatic heterocycles. The fraction of sp³-hybridized carbons (Fsp3) is 0.714. The first-order chi connectivity index (χ1) is 9.19. The van der Waals surface area contributed by atoms with Crippen LogP contribution < -0.4 is 5.32 Å². The summed E-state index contributed by atoms with van der Waals surface area (Å²) in [5, 5.41) is 3.25. The lowest BCUT2D eigenvalue weighted by molar-refractivity contribution is -0.0935. The molecule has 1 N–H and O–H groups in total. The molecule has 1 aliphatic rings. The van der Waals surface area contributed by atoms with Crippen molar-refractivity contribution in [2.45, 2.75) is 33.3 Å². The van der Waals surface area contributed by atoms with Crippen molar-refractivity contribution in [3.05, 3.63) is 17.6 Å². The minimum absolute atomic E-state index is 0.140. The Kier molecular flexibility index (Phi) is 5.10. The van der Waals surface area contributed by atoms with Crippen LogP contribution in [0.4, 0.5) is 5.82 Å². The average molecular weight is 265 g/mol. The van der Waals surface area contributed by atoms with Crippen LogP contribution in [-0.2, 0) is 15.9 Å². The Labute approximate surface area is 114 Å². The SMILES string of the molecule is CCNc1cc(CC(C)C)nc(C2COCCO2)n1. The van der Waals surface area contributed by atoms with Gasteiger partial charge in [-0.25, -0.2) is 9.97 Å². The van der Waals surface area contributed by atoms with Crippen LogP contribution in [0.3, 0.4) is 0 Å². The van der Waals surface area contributed by atoms with Crippen LogP contribution in [0.2, 0.25) is 0 Å². The van der Waals surface area contributed by atoms with Crippen LogP contribution in [0.5, 0.6) is 0 Å². The molecule has 1 atom stereocenters. The maximum absolute atomic E-state index is 5.68. The summed E-state index contributed by atoms with van der Waals surface area (Å²) in [6.07, 6.45) is 0.805. The lowest BCUT2D eigenvalue weighted by Crippen LogP contribution is -2.24. The first kappa shape index (κ1) is 14.2. The third-order valence-corrected chi connectivity index (χ3v) is 2.88. The molecule has 0 aliphatic carbocycles. The third-order valence-electron chi connectivity index (χ3n) is 2.88. The van der Waals surface area contributed by atoms with Gasteiger partial charge < -0.3 is 14.8 Å². The van der Waals surface area contributed by atoms with Gasteiger partial charge in [0.1, 0.15) is 11.9 Å². The second-order valence-electron chi connectivity index (χ2n) is 5.17. The highest BCUT2D eigenvalue weighted by molar-refractivity contribution is 5.36. The molecule has 106 valence electrons. The monoisotopic (exact) mass is 265 g/mol. The fourth-order valence-corrected chi connectivity index (χ4v) is 2.09. The van der Waals surface area contributed by atoms with E-state index in [1.165, 1.54) is 0 Å². The number of nitrogens with zero attached hydrogens (tertiary/aromatic N) is 2. The van der Waals surface area contributed by atoms with Crippen molar-refractivity contribution in [1.29, 1.82) is 0 Å². The Bertz CT molecular complexity index is 404. The summed E-state index contributed by atoms with van der Waals surface area (Å²) in [7, 11) is 0. The van der Waals surface area contributed by atoms with E-state index in [4.69, 9.17) is 9.47 Å². The molecule has 1 unspecified atom stereocenters. The van der Waals surface area contributed by atoms with Gasteiger partial charge in [0.25, 0.3) is 0 Å². The molecule has 5 heteroatoms. The summed E-state index contributed by atoms with van der Waals surface area (Å²) in [6, 6.07) is 2.02. The third kappa shape index (κ3) is 4.14. The normalized spacial score (nSPS) is 19.7. The number of aromatic nitrogens is 2. The Hall–Kier alpha value is -1.20. The van der Waals surface area contributed by atoms with E-state index in [1.54, 1.807) is 0 Å². The first-order valence-corrected chi connectivity index (χ1v) is 7.00. The quantitative estimate of drug-likeness (QED) is 0.884. The summed E-state index contributed by atoms with van der Waals surface area (Å²) < 4.78 is 11.1. The van der Waals surface area contributed by atoms with Crippen molar-refractivity contribution < 1.29 is 9.47 Å². The van der Waals surface area contributed by atoms with E-state index in [9.17, 15) is 0 Å². The molecule has 0 saturated carbocycles. The van der Waals surface area contributed by atoms with Crippen LogP contribution in [0.1, 0.15) is 38.4 Å². The van der Waals surface area contributed by atoms with Crippen LogP contribution in [-0.4, -0.2) is 36.3 Å². The molecule has 0 radical (unpaired) electrons. The van der Waals surface area contributed by atoms with E-state index in [1.807, 2.05) is 6.07 Å². The number of hydrogen-bond donors (Lipinski definition) is 1. The van der Waals surface area contributed by atoms with Gasteiger partial charge in [0.05, 0.1) is 19.8 Å². The molecule has 0 aromatic carbocycles. The molecule has 5 nitrogen and oxygen atoms in total. The van der Waals surface area contributed by atoms with Gasteiger partial charge in [-0.15, -0.1) is 0 Å². The smallest absolute Gasteiger partial charge is 0.162 e. The number of nitrogens with one attached hydrogen (secondary N) is 1. The Morgan fingerprint density at radius 3 is 2.84 bits per heavy atom. The van der Waals surface area contributed by atoms with Crippen molar-refractivity contribution in [3.63, 3.8) is 0 Å². The molecule has 1 aromatic rings. The van der Waals surface area contributed by atoms with Gasteiger partial charge in [0, 0.05) is 18.3 Å². The van der Waals surface area contributed by atoms with Gasteiger partial charge in [-0.05, 0) is 19.3 Å². The lowest BCUT2D eigenvalue weighted by atomic mass is 10.1. The standard InChI is InChI=1S/C14H23N3O2/c1-4-15-13-8-11(7-10(2)3)16-14(17-13)12-9-18-5-6-19-12/h8,10,12H,4-7,9H2,1-3H3,(H,15,16,17). The van der Waals surface area contributed by atoms with E-state index in [0.717, 1.165) is 30.3 Å². The largest absolute Gasteiger partial charge is 0.376 e. The number of rotatable bonds is 5. The predicted octanol–water partition coefficient (Wildman–Crippen LogP) is 2.19. The molecular formula is C14H23N3O2. The van der Waals surface area contributed by atoms with Crippen molar-refractivity contribution in [2.24, 2.45) is 5.92 Å². The van der Waals surface area contributed by atoms with Crippen molar-refractivity contribution in [2.75, 3.05) is 31.7 Å². The molecule has 0 amide bonds. The highest BCUT2D eigenvalue weighted by Crippen LogP contribution is 2.20. The Morgan fingerprint density at radius 1 is 1.37 bits per heavy atom. The highest BCUT2D eigenvalue weighted by atomic mass is 16.6. The molecule has 1 aliphatic heterocycles. The van der Waals surface area contributed by atoms with Crippen molar-refractivity contribution in [3.8, 4) is 0 Å². The minimum atomic E-state index is -0.140. The summed E-state index contributed by atoms with van der Waals surface area (Å²) in [4.78, 5) is 9.15. The number of ether oxygens (including phenoxy) is 2. The average Bonchev–Trinajstić information content (AvgIpc) is 2.39. The molecule has 19 heavy (non-hydrogen) atoms. The zero-order chi connectivity index (χ0) is 13.7. The maximum atomic E-state index is 5.68. The zero-order valence-electron chi connectivity index (χ0n) is 12.0. The van der Waals surface area contributed by atoms with Gasteiger partial charge in [0.15, 0.2) is 5.82 Å². The van der Waals surface area contributed by atoms with E-state index in [-0.39, 0.29) is 6.10 Å². The molecule has 0 spiro atoms. The van der Waals surface area contributed by atoms with E-state index in [2.05, 4.69) is 36.1 Å². The van der Waals surface area contributed by atoms with Gasteiger partial charge in [-0.2, -0.15) is 0 Å². The summed E-state index contributed by atoms with van der Waals surface area (Å²) >= 11 is 0. The Morgan fingerprint density at radius 2 is 2.21 bits per heavy atom. The Balaban J connectivity index is 2.21. The molecule has 2 heterocycles. The second-order valence-corrected chi connectivity index (χ2v) is 5.17. The molecule has 1 fully saturated rings. The molecule has 2 rings (SSSR count). The zero-order valence-corrected chi connectivity index (χ0v) is 12.0. The van der Waals surface area contributed by atoms with E-state index < -0.39 is 0 Å². The van der Waals surface area contributed by atoms with Gasteiger partial charge in [-0.1, -0.05) is 13.8 Å². The van der Waals surface area contributed by atoms with Gasteiger partial charge >= 0.3 is 0 Å². The number of anilines is 1. The predicted molar refractivity (Wildman–Crippen MR) is 74.2 cm³/mol. The highest BCUT2D eigenvalue weighted by Gasteiger charge is 2.20. The van der Waals surface area contributed by atoms with Gasteiger partial charge in [0.2, 0.25) is 0 Å². The van der Waals surface area contributed by atoms with Gasteiger partial charge in [-0.3, -0.25) is 0 Å². The second kappa shape index (κ2) is 6.82. The van der Waals surface area contributed by atoms with Crippen LogP contribution in [0.25, 0.3) is 0 Å². The molecule has 1 saturated heterocycles. The molecule has 0 bridgehead atoms. The topological polar surface area (TPSA) is 56.3 Å². The van der Waals surface area contributed by atoms with Crippen LogP contribution in [0.15, 0.2) is 6.07 Å². The van der Waals surface area contributed by atoms with Crippen LogP contribution >= 0.6 is 0 Å². The minimum Gasteiger partial charge on any atom is -0.376 e. The first-order valence-electron chi connectivity index (χ1n) is 7.00. The summed E-state index contributed by atoms with van der Waals surface area (Å²) in [5.41, 5.74) is 1.06. The summed E-state index contributed by atoms with van der Waals surface area (Å²) in [5.74, 6) is 2.17. The molecular weight excluding hydrogens is 242 g/mol. The number of hydrogen-bond acceptors (Lipinski definition) is 5. The summed E-state index contributed by atoms with van der Waals surface area (Å²) in [6.45, 7) is 9.09. The lowest BCUT2D eigenvalue weighted by Gasteiger charge is -2.22.